The normalized spacial score (nSPS) is 21.5. The summed E-state index contributed by atoms with van der Waals surface area (Å²) in [4.78, 5) is 2.19. The number of hydrogen-bond donors (Lipinski definition) is 1. The zero-order valence-electron chi connectivity index (χ0n) is 11.8. The summed E-state index contributed by atoms with van der Waals surface area (Å²) in [5, 5.41) is 0. The van der Waals surface area contributed by atoms with E-state index in [4.69, 9.17) is 10.5 Å². The first-order valence-corrected chi connectivity index (χ1v) is 6.75. The predicted octanol–water partition coefficient (Wildman–Crippen LogP) is 2.31. The number of halogens is 3. The molecular formula is C14H19F3N2O2. The number of rotatable bonds is 5. The van der Waals surface area contributed by atoms with Crippen molar-refractivity contribution in [1.82, 2.24) is 4.90 Å². The van der Waals surface area contributed by atoms with Gasteiger partial charge >= 0.3 is 6.36 Å². The molecule has 1 heterocycles. The number of ether oxygens (including phenoxy) is 2. The summed E-state index contributed by atoms with van der Waals surface area (Å²) in [6, 6.07) is 5.85. The molecule has 4 nitrogen and oxygen atoms in total. The van der Waals surface area contributed by atoms with E-state index in [1.807, 2.05) is 0 Å². The fraction of sp³-hybridized carbons (Fsp3) is 0.571. The standard InChI is InChI=1S/C14H19F3N2O2/c1-20-12-6-7-19(9-12)13(8-18)10-2-4-11(5-3-10)21-14(15,16)17/h2-5,12-13H,6-9,18H2,1H3. The second-order valence-electron chi connectivity index (χ2n) is 5.01. The molecule has 2 atom stereocenters. The van der Waals surface area contributed by atoms with Gasteiger partial charge in [-0.2, -0.15) is 0 Å². The van der Waals surface area contributed by atoms with E-state index in [1.54, 1.807) is 19.2 Å². The molecule has 0 aromatic heterocycles. The van der Waals surface area contributed by atoms with E-state index in [9.17, 15) is 13.2 Å². The first-order chi connectivity index (χ1) is 9.93. The second kappa shape index (κ2) is 6.64. The van der Waals surface area contributed by atoms with Crippen LogP contribution in [0.25, 0.3) is 0 Å². The van der Waals surface area contributed by atoms with Crippen LogP contribution in [0.1, 0.15) is 18.0 Å². The minimum absolute atomic E-state index is 0.0231. The van der Waals surface area contributed by atoms with E-state index in [0.717, 1.165) is 25.1 Å². The van der Waals surface area contributed by atoms with Crippen molar-refractivity contribution in [2.45, 2.75) is 24.9 Å². The molecule has 7 heteroatoms. The summed E-state index contributed by atoms with van der Waals surface area (Å²) in [7, 11) is 1.68. The number of likely N-dealkylation sites (tertiary alicyclic amines) is 1. The quantitative estimate of drug-likeness (QED) is 0.907. The monoisotopic (exact) mass is 304 g/mol. The Morgan fingerprint density at radius 2 is 2.00 bits per heavy atom. The Labute approximate surface area is 121 Å². The summed E-state index contributed by atoms with van der Waals surface area (Å²) in [5.74, 6) is -0.224. The third-order valence-electron chi connectivity index (χ3n) is 3.67. The van der Waals surface area contributed by atoms with Crippen molar-refractivity contribution in [3.8, 4) is 5.75 Å². The first kappa shape index (κ1) is 16.1. The van der Waals surface area contributed by atoms with Gasteiger partial charge in [-0.3, -0.25) is 4.90 Å². The number of nitrogens with two attached hydrogens (primary N) is 1. The van der Waals surface area contributed by atoms with Gasteiger partial charge in [0.2, 0.25) is 0 Å². The van der Waals surface area contributed by atoms with Gasteiger partial charge in [-0.1, -0.05) is 12.1 Å². The van der Waals surface area contributed by atoms with Gasteiger partial charge in [-0.05, 0) is 24.1 Å². The molecule has 0 radical (unpaired) electrons. The van der Waals surface area contributed by atoms with Crippen LogP contribution in [0.4, 0.5) is 13.2 Å². The number of benzene rings is 1. The highest BCUT2D eigenvalue weighted by molar-refractivity contribution is 5.29. The molecular weight excluding hydrogens is 285 g/mol. The van der Waals surface area contributed by atoms with Crippen LogP contribution in [-0.4, -0.2) is 44.1 Å². The van der Waals surface area contributed by atoms with Gasteiger partial charge in [0.05, 0.1) is 6.10 Å². The summed E-state index contributed by atoms with van der Waals surface area (Å²) in [5.41, 5.74) is 6.70. The second-order valence-corrected chi connectivity index (χ2v) is 5.01. The Bertz CT molecular complexity index is 451. The fourth-order valence-corrected chi connectivity index (χ4v) is 2.62. The molecule has 1 saturated heterocycles. The maximum atomic E-state index is 12.1. The van der Waals surface area contributed by atoms with E-state index in [1.165, 1.54) is 12.1 Å². The molecule has 0 amide bonds. The first-order valence-electron chi connectivity index (χ1n) is 6.75. The summed E-state index contributed by atoms with van der Waals surface area (Å²) < 4.78 is 45.6. The van der Waals surface area contributed by atoms with E-state index in [-0.39, 0.29) is 17.9 Å². The lowest BCUT2D eigenvalue weighted by atomic mass is 10.1. The van der Waals surface area contributed by atoms with Crippen LogP contribution in [0.5, 0.6) is 5.75 Å². The van der Waals surface area contributed by atoms with Crippen molar-refractivity contribution >= 4 is 0 Å². The predicted molar refractivity (Wildman–Crippen MR) is 71.9 cm³/mol. The Kier molecular flexibility index (Phi) is 5.08. The summed E-state index contributed by atoms with van der Waals surface area (Å²) in [6.07, 6.45) is -3.55. The van der Waals surface area contributed by atoms with Crippen LogP contribution in [0.2, 0.25) is 0 Å². The third kappa shape index (κ3) is 4.33. The third-order valence-corrected chi connectivity index (χ3v) is 3.67. The van der Waals surface area contributed by atoms with Gasteiger partial charge in [-0.25, -0.2) is 0 Å². The van der Waals surface area contributed by atoms with Crippen LogP contribution < -0.4 is 10.5 Å². The molecule has 0 spiro atoms. The molecule has 21 heavy (non-hydrogen) atoms. The Balaban J connectivity index is 2.05. The molecule has 0 bridgehead atoms. The highest BCUT2D eigenvalue weighted by Crippen LogP contribution is 2.28. The van der Waals surface area contributed by atoms with Crippen LogP contribution in [-0.2, 0) is 4.74 Å². The van der Waals surface area contributed by atoms with Gasteiger partial charge in [0.25, 0.3) is 0 Å². The molecule has 2 N–H and O–H groups in total. The van der Waals surface area contributed by atoms with Gasteiger partial charge in [0.1, 0.15) is 5.75 Å². The van der Waals surface area contributed by atoms with Crippen LogP contribution in [0, 0.1) is 0 Å². The van der Waals surface area contributed by atoms with Crippen molar-refractivity contribution < 1.29 is 22.6 Å². The average Bonchev–Trinajstić information content (AvgIpc) is 2.88. The maximum absolute atomic E-state index is 12.1. The zero-order chi connectivity index (χ0) is 15.5. The lowest BCUT2D eigenvalue weighted by molar-refractivity contribution is -0.274. The van der Waals surface area contributed by atoms with Gasteiger partial charge in [-0.15, -0.1) is 13.2 Å². The van der Waals surface area contributed by atoms with E-state index < -0.39 is 6.36 Å². The lowest BCUT2D eigenvalue weighted by Crippen LogP contribution is -2.33. The molecule has 1 aromatic carbocycles. The molecule has 1 aliphatic rings. The van der Waals surface area contributed by atoms with Crippen LogP contribution in [0.15, 0.2) is 24.3 Å². The van der Waals surface area contributed by atoms with Crippen molar-refractivity contribution in [1.29, 1.82) is 0 Å². The minimum atomic E-state index is -4.67. The Hall–Kier alpha value is -1.31. The molecule has 2 rings (SSSR count). The molecule has 118 valence electrons. The van der Waals surface area contributed by atoms with Crippen LogP contribution in [0.3, 0.4) is 0 Å². The Morgan fingerprint density at radius 1 is 1.33 bits per heavy atom. The Morgan fingerprint density at radius 3 is 2.48 bits per heavy atom. The number of methoxy groups -OCH3 is 1. The van der Waals surface area contributed by atoms with Gasteiger partial charge < -0.3 is 15.2 Å². The molecule has 0 aliphatic carbocycles. The van der Waals surface area contributed by atoms with Crippen LogP contribution >= 0.6 is 0 Å². The maximum Gasteiger partial charge on any atom is 0.573 e. The zero-order valence-corrected chi connectivity index (χ0v) is 11.8. The highest BCUT2D eigenvalue weighted by Gasteiger charge is 2.31. The largest absolute Gasteiger partial charge is 0.573 e. The van der Waals surface area contributed by atoms with E-state index >= 15 is 0 Å². The summed E-state index contributed by atoms with van der Waals surface area (Å²) >= 11 is 0. The van der Waals surface area contributed by atoms with Gasteiger partial charge in [0, 0.05) is 32.8 Å². The molecule has 1 aliphatic heterocycles. The van der Waals surface area contributed by atoms with Crippen molar-refractivity contribution in [2.75, 3.05) is 26.7 Å². The minimum Gasteiger partial charge on any atom is -0.406 e. The lowest BCUT2D eigenvalue weighted by Gasteiger charge is -2.27. The van der Waals surface area contributed by atoms with Gasteiger partial charge in [0.15, 0.2) is 0 Å². The highest BCUT2D eigenvalue weighted by atomic mass is 19.4. The SMILES string of the molecule is COC1CCN(C(CN)c2ccc(OC(F)(F)F)cc2)C1. The smallest absolute Gasteiger partial charge is 0.406 e. The van der Waals surface area contributed by atoms with Crippen molar-refractivity contribution in [3.63, 3.8) is 0 Å². The number of hydrogen-bond acceptors (Lipinski definition) is 4. The molecule has 1 aromatic rings. The fourth-order valence-electron chi connectivity index (χ4n) is 2.62. The topological polar surface area (TPSA) is 47.7 Å². The summed E-state index contributed by atoms with van der Waals surface area (Å²) in [6.45, 7) is 2.04. The molecule has 2 unspecified atom stereocenters. The molecule has 1 fully saturated rings. The van der Waals surface area contributed by atoms with E-state index in [0.29, 0.717) is 6.54 Å². The van der Waals surface area contributed by atoms with E-state index in [2.05, 4.69) is 9.64 Å². The van der Waals surface area contributed by atoms with Crippen molar-refractivity contribution in [3.05, 3.63) is 29.8 Å². The molecule has 0 saturated carbocycles. The number of nitrogens with zero attached hydrogens (tertiary/aromatic N) is 1. The van der Waals surface area contributed by atoms with Crippen molar-refractivity contribution in [2.24, 2.45) is 5.73 Å². The average molecular weight is 304 g/mol. The number of alkyl halides is 3.